The molecule has 2 atom stereocenters. The molecule has 1 fully saturated rings. The smallest absolute Gasteiger partial charge is 0.220 e. The van der Waals surface area contributed by atoms with E-state index in [1.807, 2.05) is 48.5 Å². The van der Waals surface area contributed by atoms with Gasteiger partial charge in [-0.1, -0.05) is 109 Å². The summed E-state index contributed by atoms with van der Waals surface area (Å²) in [4.78, 5) is 27.3. The van der Waals surface area contributed by atoms with Crippen molar-refractivity contribution in [1.82, 2.24) is 26.3 Å². The van der Waals surface area contributed by atoms with Crippen LogP contribution in [-0.2, 0) is 22.7 Å². The zero-order valence-corrected chi connectivity index (χ0v) is 30.4. The summed E-state index contributed by atoms with van der Waals surface area (Å²) in [5.74, 6) is 0.641. The van der Waals surface area contributed by atoms with E-state index in [4.69, 9.17) is 32.9 Å². The highest BCUT2D eigenvalue weighted by atomic mass is 35.5. The van der Waals surface area contributed by atoms with Crippen molar-refractivity contribution in [3.05, 3.63) is 106 Å². The molecule has 6 rings (SSSR count). The summed E-state index contributed by atoms with van der Waals surface area (Å²) >= 11 is 14.3. The van der Waals surface area contributed by atoms with Crippen molar-refractivity contribution in [2.75, 3.05) is 20.2 Å². The summed E-state index contributed by atoms with van der Waals surface area (Å²) in [6.07, 6.45) is 4.11. The molecule has 4 aromatic carbocycles. The van der Waals surface area contributed by atoms with Crippen LogP contribution in [0.5, 0.6) is 5.88 Å². The average molecular weight is 725 g/mol. The van der Waals surface area contributed by atoms with Gasteiger partial charge in [0.2, 0.25) is 18.2 Å². The first-order chi connectivity index (χ1) is 24.9. The molecule has 1 aromatic heterocycles. The Bertz CT molecular complexity index is 2020. The molecular weight excluding hydrogens is 681 g/mol. The first-order valence-electron chi connectivity index (χ1n) is 17.4. The van der Waals surface area contributed by atoms with Gasteiger partial charge in [0, 0.05) is 72.5 Å². The van der Waals surface area contributed by atoms with Crippen LogP contribution in [0.2, 0.25) is 10.0 Å². The number of hydrogen-bond acceptors (Lipinski definition) is 6. The number of rotatable bonds is 16. The van der Waals surface area contributed by atoms with Gasteiger partial charge in [0.05, 0.1) is 22.8 Å². The number of nitrogens with one attached hydrogen (secondary N) is 4. The van der Waals surface area contributed by atoms with E-state index in [-0.39, 0.29) is 18.0 Å². The van der Waals surface area contributed by atoms with Crippen molar-refractivity contribution in [3.8, 4) is 39.4 Å². The van der Waals surface area contributed by atoms with Gasteiger partial charge in [-0.15, -0.1) is 0 Å². The summed E-state index contributed by atoms with van der Waals surface area (Å²) in [6.45, 7) is 4.75. The molecule has 0 radical (unpaired) electrons. The molecule has 8 nitrogen and oxygen atoms in total. The molecule has 1 saturated heterocycles. The Labute approximate surface area is 309 Å². The number of hydrogen-bond donors (Lipinski definition) is 4. The van der Waals surface area contributed by atoms with E-state index in [1.54, 1.807) is 7.11 Å². The van der Waals surface area contributed by atoms with Gasteiger partial charge in [0.25, 0.3) is 0 Å². The van der Waals surface area contributed by atoms with Crippen LogP contribution in [0.1, 0.15) is 43.7 Å². The molecule has 0 bridgehead atoms. The van der Waals surface area contributed by atoms with Gasteiger partial charge in [-0.25, -0.2) is 4.98 Å². The molecule has 51 heavy (non-hydrogen) atoms. The first kappa shape index (κ1) is 36.3. The Morgan fingerprint density at radius 1 is 0.902 bits per heavy atom. The molecule has 10 heteroatoms. The predicted molar refractivity (Wildman–Crippen MR) is 207 cm³/mol. The highest BCUT2D eigenvalue weighted by Gasteiger charge is 2.20. The van der Waals surface area contributed by atoms with Gasteiger partial charge in [0.15, 0.2) is 0 Å². The maximum atomic E-state index is 11.6. The molecule has 264 valence electrons. The first-order valence-corrected chi connectivity index (χ1v) is 18.2. The van der Waals surface area contributed by atoms with Crippen molar-refractivity contribution >= 4 is 46.3 Å². The molecule has 4 N–H and O–H groups in total. The summed E-state index contributed by atoms with van der Waals surface area (Å²) in [5, 5.41) is 16.3. The Hall–Kier alpha value is -4.47. The van der Waals surface area contributed by atoms with Crippen LogP contribution in [0.25, 0.3) is 44.3 Å². The summed E-state index contributed by atoms with van der Waals surface area (Å²) < 4.78 is 5.68. The van der Waals surface area contributed by atoms with Gasteiger partial charge in [-0.3, -0.25) is 9.59 Å². The minimum atomic E-state index is 0.0683. The third kappa shape index (κ3) is 8.54. The molecule has 0 saturated carbocycles. The number of aromatic nitrogens is 1. The third-order valence-corrected chi connectivity index (χ3v) is 10.2. The topological polar surface area (TPSA) is 104 Å². The number of benzene rings is 4. The van der Waals surface area contributed by atoms with Crippen LogP contribution in [0.15, 0.2) is 84.9 Å². The Morgan fingerprint density at radius 3 is 2.35 bits per heavy atom. The van der Waals surface area contributed by atoms with Crippen LogP contribution in [-0.4, -0.2) is 49.6 Å². The fourth-order valence-corrected chi connectivity index (χ4v) is 7.45. The molecule has 1 aliphatic heterocycles. The van der Waals surface area contributed by atoms with E-state index < -0.39 is 0 Å². The van der Waals surface area contributed by atoms with Crippen LogP contribution >= 0.6 is 23.2 Å². The fraction of sp³-hybridized carbons (Fsp3) is 0.293. The van der Waals surface area contributed by atoms with E-state index >= 15 is 0 Å². The summed E-state index contributed by atoms with van der Waals surface area (Å²) in [5.41, 5.74) is 7.14. The second-order valence-electron chi connectivity index (χ2n) is 12.9. The van der Waals surface area contributed by atoms with Crippen LogP contribution in [0, 0.1) is 0 Å². The van der Waals surface area contributed by atoms with Crippen molar-refractivity contribution in [2.24, 2.45) is 0 Å². The molecule has 0 aliphatic carbocycles. The number of carbonyl (C=O) groups is 2. The Balaban J connectivity index is 1.22. The van der Waals surface area contributed by atoms with Crippen molar-refractivity contribution in [1.29, 1.82) is 0 Å². The minimum Gasteiger partial charge on any atom is -0.481 e. The number of fused-ring (bicyclic) bond motifs is 1. The van der Waals surface area contributed by atoms with E-state index in [2.05, 4.69) is 64.6 Å². The van der Waals surface area contributed by atoms with Gasteiger partial charge >= 0.3 is 0 Å². The summed E-state index contributed by atoms with van der Waals surface area (Å²) in [7, 11) is 1.61. The van der Waals surface area contributed by atoms with E-state index in [1.165, 1.54) is 10.9 Å². The number of halogens is 2. The van der Waals surface area contributed by atoms with E-state index in [9.17, 15) is 9.59 Å². The lowest BCUT2D eigenvalue weighted by Crippen LogP contribution is -2.37. The number of carbonyl (C=O) groups excluding carboxylic acids is 2. The quantitative estimate of drug-likeness (QED) is 0.0772. The number of nitrogens with zero attached hydrogens (tertiary/aromatic N) is 1. The lowest BCUT2D eigenvalue weighted by molar-refractivity contribution is -0.119. The molecule has 2 amide bonds. The Kier molecular flexibility index (Phi) is 12.2. The van der Waals surface area contributed by atoms with Gasteiger partial charge < -0.3 is 26.0 Å². The van der Waals surface area contributed by atoms with Crippen LogP contribution in [0.4, 0.5) is 0 Å². The second-order valence-corrected chi connectivity index (χ2v) is 13.6. The summed E-state index contributed by atoms with van der Waals surface area (Å²) in [6, 6.07) is 28.9. The highest BCUT2D eigenvalue weighted by molar-refractivity contribution is 6.39. The molecular formula is C41H43Cl2N5O3. The van der Waals surface area contributed by atoms with E-state index in [0.29, 0.717) is 47.7 Å². The van der Waals surface area contributed by atoms with Crippen LogP contribution < -0.4 is 26.0 Å². The van der Waals surface area contributed by atoms with Gasteiger partial charge in [-0.2, -0.15) is 0 Å². The maximum absolute atomic E-state index is 11.6. The lowest BCUT2D eigenvalue weighted by atomic mass is 9.95. The zero-order valence-electron chi connectivity index (χ0n) is 28.9. The standard InChI is InChI=1S/C41H43Cl2N5O3/c1-3-7-30(46-25-49)23-45-22-29-15-18-37(48-41(29)51-2)36-13-6-12-35(40(36)43)34-11-5-10-33(39(34)42)27-14-17-32-26(20-27)8-4-9-28(32)21-44-24-31-16-19-38(50)47-31/h4-6,8-15,17-18,20,25,30-31,44-45H,3,7,16,19,21-24H2,1-2H3,(H,46,49)(H,47,50)/t30-,31-/m0/s1. The molecule has 1 aliphatic rings. The highest BCUT2D eigenvalue weighted by Crippen LogP contribution is 2.43. The maximum Gasteiger partial charge on any atom is 0.220 e. The minimum absolute atomic E-state index is 0.0683. The SMILES string of the molecule is CCC[C@@H](CNCc1ccc(-c2cccc(-c3cccc(-c4ccc5c(CNC[C@@H]6CCC(=O)N6)cccc5c4)c3Cl)c2Cl)nc1OC)NC=O. The molecule has 2 heterocycles. The Morgan fingerprint density at radius 2 is 1.63 bits per heavy atom. The predicted octanol–water partition coefficient (Wildman–Crippen LogP) is 7.92. The largest absolute Gasteiger partial charge is 0.481 e. The monoisotopic (exact) mass is 723 g/mol. The third-order valence-electron chi connectivity index (χ3n) is 9.42. The normalized spacial score (nSPS) is 14.7. The van der Waals surface area contributed by atoms with Crippen molar-refractivity contribution in [3.63, 3.8) is 0 Å². The van der Waals surface area contributed by atoms with Crippen LogP contribution in [0.3, 0.4) is 0 Å². The second kappa shape index (κ2) is 17.2. The average Bonchev–Trinajstić information content (AvgIpc) is 3.56. The van der Waals surface area contributed by atoms with Gasteiger partial charge in [-0.05, 0) is 46.9 Å². The molecule has 0 spiro atoms. The number of methoxy groups -OCH3 is 1. The fourth-order valence-electron chi connectivity index (χ4n) is 6.79. The number of amides is 2. The van der Waals surface area contributed by atoms with Crippen molar-refractivity contribution in [2.45, 2.75) is 57.8 Å². The van der Waals surface area contributed by atoms with Gasteiger partial charge in [0.1, 0.15) is 0 Å². The number of pyridine rings is 1. The van der Waals surface area contributed by atoms with E-state index in [0.717, 1.165) is 71.0 Å². The van der Waals surface area contributed by atoms with Crippen molar-refractivity contribution < 1.29 is 14.3 Å². The zero-order chi connectivity index (χ0) is 35.7. The number of ether oxygens (including phenoxy) is 1. The lowest BCUT2D eigenvalue weighted by Gasteiger charge is -2.17. The molecule has 0 unspecified atom stereocenters. The molecule has 5 aromatic rings.